The number of hydrogen-bond donors (Lipinski definition) is 1. The highest BCUT2D eigenvalue weighted by Gasteiger charge is 2.25. The molecule has 2 nitrogen and oxygen atoms in total. The van der Waals surface area contributed by atoms with Crippen LogP contribution in [0.2, 0.25) is 0 Å². The second-order valence-corrected chi connectivity index (χ2v) is 5.06. The van der Waals surface area contributed by atoms with Gasteiger partial charge in [0.25, 0.3) is 0 Å². The second kappa shape index (κ2) is 6.31. The predicted molar refractivity (Wildman–Crippen MR) is 67.5 cm³/mol. The molecule has 0 aromatic carbocycles. The zero-order chi connectivity index (χ0) is 12.1. The normalized spacial score (nSPS) is 24.1. The molecule has 0 amide bonds. The number of halogens is 2. The fraction of sp³-hybridized carbons (Fsp3) is 0.615. The van der Waals surface area contributed by atoms with Crippen LogP contribution in [-0.4, -0.2) is 17.4 Å². The van der Waals surface area contributed by atoms with Gasteiger partial charge in [-0.2, -0.15) is 0 Å². The molecular formula is C13H18ClFN2. The zero-order valence-corrected chi connectivity index (χ0v) is 10.6. The second-order valence-electron chi connectivity index (χ2n) is 4.75. The van der Waals surface area contributed by atoms with Gasteiger partial charge in [0.2, 0.25) is 0 Å². The molecule has 1 aromatic heterocycles. The maximum Gasteiger partial charge on any atom is 0.141 e. The summed E-state index contributed by atoms with van der Waals surface area (Å²) in [5, 5.41) is 3.37. The number of alkyl halides is 1. The van der Waals surface area contributed by atoms with Crippen molar-refractivity contribution in [3.8, 4) is 0 Å². The van der Waals surface area contributed by atoms with Crippen molar-refractivity contribution in [1.82, 2.24) is 10.3 Å². The summed E-state index contributed by atoms with van der Waals surface area (Å²) < 4.78 is 12.9. The highest BCUT2D eigenvalue weighted by atomic mass is 35.5. The van der Waals surface area contributed by atoms with Crippen LogP contribution in [0.25, 0.3) is 0 Å². The average molecular weight is 257 g/mol. The Hall–Kier alpha value is -0.670. The Labute approximate surface area is 107 Å². The van der Waals surface area contributed by atoms with Gasteiger partial charge in [-0.15, -0.1) is 11.6 Å². The maximum absolute atomic E-state index is 12.9. The molecule has 1 heterocycles. The van der Waals surface area contributed by atoms with Crippen LogP contribution in [0, 0.1) is 17.7 Å². The first-order valence-corrected chi connectivity index (χ1v) is 6.69. The number of pyridine rings is 1. The molecule has 0 aliphatic heterocycles. The van der Waals surface area contributed by atoms with Crippen molar-refractivity contribution in [3.05, 3.63) is 29.8 Å². The van der Waals surface area contributed by atoms with Gasteiger partial charge >= 0.3 is 0 Å². The topological polar surface area (TPSA) is 24.9 Å². The Morgan fingerprint density at radius 2 is 2.18 bits per heavy atom. The minimum atomic E-state index is -0.274. The van der Waals surface area contributed by atoms with Gasteiger partial charge in [-0.3, -0.25) is 4.98 Å². The Bertz CT molecular complexity index is 359. The van der Waals surface area contributed by atoms with Crippen molar-refractivity contribution in [2.45, 2.75) is 25.8 Å². The van der Waals surface area contributed by atoms with Crippen LogP contribution in [0.1, 0.15) is 24.8 Å². The van der Waals surface area contributed by atoms with Crippen molar-refractivity contribution in [1.29, 1.82) is 0 Å². The summed E-state index contributed by atoms with van der Waals surface area (Å²) in [6.07, 6.45) is 6.71. The van der Waals surface area contributed by atoms with Gasteiger partial charge in [0, 0.05) is 18.6 Å². The molecule has 0 spiro atoms. The molecule has 1 aliphatic rings. The lowest BCUT2D eigenvalue weighted by Crippen LogP contribution is -2.25. The third kappa shape index (κ3) is 3.65. The molecule has 1 fully saturated rings. The SMILES string of the molecule is Fc1cncc(CNCC2CCCC2CCl)c1. The van der Waals surface area contributed by atoms with E-state index in [1.54, 1.807) is 6.20 Å². The van der Waals surface area contributed by atoms with Crippen molar-refractivity contribution in [2.24, 2.45) is 11.8 Å². The standard InChI is InChI=1S/C13H18ClFN2/c14-5-11-2-1-3-12(11)8-16-6-10-4-13(15)9-17-7-10/h4,7,9,11-12,16H,1-3,5-6,8H2. The van der Waals surface area contributed by atoms with Gasteiger partial charge < -0.3 is 5.32 Å². The monoisotopic (exact) mass is 256 g/mol. The number of hydrogen-bond acceptors (Lipinski definition) is 2. The third-order valence-corrected chi connectivity index (χ3v) is 3.91. The van der Waals surface area contributed by atoms with E-state index in [-0.39, 0.29) is 5.82 Å². The van der Waals surface area contributed by atoms with Gasteiger partial charge in [-0.25, -0.2) is 4.39 Å². The van der Waals surface area contributed by atoms with Gasteiger partial charge in [-0.1, -0.05) is 6.42 Å². The summed E-state index contributed by atoms with van der Waals surface area (Å²) in [7, 11) is 0. The van der Waals surface area contributed by atoms with E-state index in [1.165, 1.54) is 31.5 Å². The van der Waals surface area contributed by atoms with E-state index in [0.29, 0.717) is 18.4 Å². The summed E-state index contributed by atoms with van der Waals surface area (Å²) in [6, 6.07) is 1.52. The molecule has 94 valence electrons. The largest absolute Gasteiger partial charge is 0.312 e. The van der Waals surface area contributed by atoms with E-state index in [9.17, 15) is 4.39 Å². The molecule has 1 aromatic rings. The first kappa shape index (κ1) is 12.8. The molecule has 2 atom stereocenters. The fourth-order valence-corrected chi connectivity index (χ4v) is 2.95. The number of aromatic nitrogens is 1. The molecule has 0 radical (unpaired) electrons. The molecule has 2 unspecified atom stereocenters. The lowest BCUT2D eigenvalue weighted by molar-refractivity contribution is 0.395. The number of nitrogens with zero attached hydrogens (tertiary/aromatic N) is 1. The van der Waals surface area contributed by atoms with E-state index in [1.807, 2.05) is 0 Å². The minimum absolute atomic E-state index is 0.274. The lowest BCUT2D eigenvalue weighted by atomic mass is 9.98. The van der Waals surface area contributed by atoms with E-state index >= 15 is 0 Å². The van der Waals surface area contributed by atoms with Crippen molar-refractivity contribution < 1.29 is 4.39 Å². The molecule has 4 heteroatoms. The minimum Gasteiger partial charge on any atom is -0.312 e. The predicted octanol–water partition coefficient (Wildman–Crippen LogP) is 2.97. The van der Waals surface area contributed by atoms with Crippen LogP contribution in [0.5, 0.6) is 0 Å². The summed E-state index contributed by atoms with van der Waals surface area (Å²) >= 11 is 5.93. The van der Waals surface area contributed by atoms with E-state index in [4.69, 9.17) is 11.6 Å². The maximum atomic E-state index is 12.9. The van der Waals surface area contributed by atoms with Crippen LogP contribution in [-0.2, 0) is 6.54 Å². The summed E-state index contributed by atoms with van der Waals surface area (Å²) in [4.78, 5) is 3.83. The van der Waals surface area contributed by atoms with Crippen LogP contribution in [0.4, 0.5) is 4.39 Å². The third-order valence-electron chi connectivity index (χ3n) is 3.51. The summed E-state index contributed by atoms with van der Waals surface area (Å²) in [5.74, 6) is 1.81. The molecule has 0 saturated heterocycles. The number of nitrogens with one attached hydrogen (secondary N) is 1. The molecule has 1 aliphatic carbocycles. The molecule has 0 bridgehead atoms. The zero-order valence-electron chi connectivity index (χ0n) is 9.83. The van der Waals surface area contributed by atoms with Gasteiger partial charge in [0.1, 0.15) is 5.82 Å². The quantitative estimate of drug-likeness (QED) is 0.820. The molecule has 17 heavy (non-hydrogen) atoms. The molecule has 1 saturated carbocycles. The van der Waals surface area contributed by atoms with Crippen LogP contribution in [0.3, 0.4) is 0 Å². The first-order chi connectivity index (χ1) is 8.29. The highest BCUT2D eigenvalue weighted by Crippen LogP contribution is 2.31. The van der Waals surface area contributed by atoms with Gasteiger partial charge in [0.05, 0.1) is 6.20 Å². The van der Waals surface area contributed by atoms with E-state index in [2.05, 4.69) is 10.3 Å². The van der Waals surface area contributed by atoms with Crippen LogP contribution >= 0.6 is 11.6 Å². The van der Waals surface area contributed by atoms with Gasteiger partial charge in [0.15, 0.2) is 0 Å². The Kier molecular flexibility index (Phi) is 4.75. The van der Waals surface area contributed by atoms with Crippen molar-refractivity contribution >= 4 is 11.6 Å². The Balaban J connectivity index is 1.76. The Morgan fingerprint density at radius 3 is 2.94 bits per heavy atom. The first-order valence-electron chi connectivity index (χ1n) is 6.15. The molecule has 1 N–H and O–H groups in total. The highest BCUT2D eigenvalue weighted by molar-refractivity contribution is 6.18. The summed E-state index contributed by atoms with van der Waals surface area (Å²) in [6.45, 7) is 1.64. The van der Waals surface area contributed by atoms with Crippen molar-refractivity contribution in [2.75, 3.05) is 12.4 Å². The van der Waals surface area contributed by atoms with Crippen molar-refractivity contribution in [3.63, 3.8) is 0 Å². The fourth-order valence-electron chi connectivity index (χ4n) is 2.54. The van der Waals surface area contributed by atoms with E-state index in [0.717, 1.165) is 18.0 Å². The Morgan fingerprint density at radius 1 is 1.35 bits per heavy atom. The smallest absolute Gasteiger partial charge is 0.141 e. The molecular weight excluding hydrogens is 239 g/mol. The lowest BCUT2D eigenvalue weighted by Gasteiger charge is -2.17. The molecule has 2 rings (SSSR count). The average Bonchev–Trinajstić information content (AvgIpc) is 2.77. The van der Waals surface area contributed by atoms with Crippen LogP contribution in [0.15, 0.2) is 18.5 Å². The summed E-state index contributed by atoms with van der Waals surface area (Å²) in [5.41, 5.74) is 0.894. The van der Waals surface area contributed by atoms with Gasteiger partial charge in [-0.05, 0) is 42.9 Å². The van der Waals surface area contributed by atoms with E-state index < -0.39 is 0 Å². The van der Waals surface area contributed by atoms with Crippen LogP contribution < -0.4 is 5.32 Å². The number of rotatable bonds is 5.